The zero-order chi connectivity index (χ0) is 18.8. The minimum Gasteiger partial charge on any atom is -0.330 e. The molecule has 0 aromatic heterocycles. The highest BCUT2D eigenvalue weighted by Crippen LogP contribution is 2.32. The highest BCUT2D eigenvalue weighted by molar-refractivity contribution is 7.89. The number of sulfonamides is 1. The van der Waals surface area contributed by atoms with Gasteiger partial charge >= 0.3 is 0 Å². The number of aryl methyl sites for hydroxylation is 1. The van der Waals surface area contributed by atoms with E-state index in [1.807, 2.05) is 20.8 Å². The molecule has 1 aliphatic rings. The Bertz CT molecular complexity index is 737. The van der Waals surface area contributed by atoms with Gasteiger partial charge in [-0.15, -0.1) is 12.4 Å². The van der Waals surface area contributed by atoms with E-state index in [1.54, 1.807) is 25.2 Å². The second-order valence-corrected chi connectivity index (χ2v) is 9.11. The third kappa shape index (κ3) is 4.76. The van der Waals surface area contributed by atoms with Gasteiger partial charge in [0.15, 0.2) is 0 Å². The molecule has 1 aromatic rings. The molecule has 1 aromatic carbocycles. The second kappa shape index (κ2) is 9.17. The largest absolute Gasteiger partial charge is 0.330 e. The Hall–Kier alpha value is -1.15. The van der Waals surface area contributed by atoms with Gasteiger partial charge in [0.25, 0.3) is 0 Å². The molecule has 0 aliphatic heterocycles. The number of hydrogen-bond acceptors (Lipinski definition) is 4. The van der Waals surface area contributed by atoms with Gasteiger partial charge in [-0.1, -0.05) is 12.5 Å². The molecule has 2 atom stereocenters. The molecule has 0 spiro atoms. The van der Waals surface area contributed by atoms with Gasteiger partial charge in [-0.05, 0) is 63.8 Å². The summed E-state index contributed by atoms with van der Waals surface area (Å²) in [4.78, 5) is 12.8. The molecule has 148 valence electrons. The van der Waals surface area contributed by atoms with Crippen LogP contribution in [0.4, 0.5) is 5.69 Å². The maximum Gasteiger partial charge on any atom is 0.243 e. The van der Waals surface area contributed by atoms with E-state index in [0.29, 0.717) is 12.2 Å². The number of carbonyl (C=O) groups excluding carboxylic acids is 1. The average Bonchev–Trinajstić information content (AvgIpc) is 3.04. The van der Waals surface area contributed by atoms with Crippen molar-refractivity contribution in [1.29, 1.82) is 0 Å². The molecule has 1 aliphatic carbocycles. The lowest BCUT2D eigenvalue weighted by atomic mass is 9.95. The van der Waals surface area contributed by atoms with Crippen molar-refractivity contribution in [2.24, 2.45) is 17.6 Å². The van der Waals surface area contributed by atoms with Gasteiger partial charge in [0.2, 0.25) is 15.9 Å². The van der Waals surface area contributed by atoms with Gasteiger partial charge in [0.1, 0.15) is 0 Å². The number of hydrogen-bond donors (Lipinski definition) is 2. The summed E-state index contributed by atoms with van der Waals surface area (Å²) >= 11 is 0. The SMILES string of the molecule is Cc1ccc(S(=O)(=O)N(C)C(C)C)cc1NC(=O)[C@@H]1CCC[C@@H]1CN.Cl. The molecule has 0 radical (unpaired) electrons. The Kier molecular flexibility index (Phi) is 8.07. The third-order valence-electron chi connectivity index (χ3n) is 5.17. The molecule has 0 unspecified atom stereocenters. The summed E-state index contributed by atoms with van der Waals surface area (Å²) in [6.45, 7) is 6.00. The normalized spacial score (nSPS) is 20.3. The van der Waals surface area contributed by atoms with Crippen molar-refractivity contribution in [3.8, 4) is 0 Å². The van der Waals surface area contributed by atoms with Crippen LogP contribution in [0.25, 0.3) is 0 Å². The first-order valence-electron chi connectivity index (χ1n) is 8.78. The lowest BCUT2D eigenvalue weighted by Crippen LogP contribution is -2.33. The highest BCUT2D eigenvalue weighted by atomic mass is 35.5. The van der Waals surface area contributed by atoms with E-state index in [4.69, 9.17) is 5.73 Å². The molecule has 26 heavy (non-hydrogen) atoms. The van der Waals surface area contributed by atoms with Crippen LogP contribution in [0.2, 0.25) is 0 Å². The van der Waals surface area contributed by atoms with Gasteiger partial charge in [-0.25, -0.2) is 8.42 Å². The molecule has 1 fully saturated rings. The van der Waals surface area contributed by atoms with Crippen molar-refractivity contribution in [3.63, 3.8) is 0 Å². The molecule has 2 rings (SSSR count). The van der Waals surface area contributed by atoms with E-state index in [-0.39, 0.29) is 41.1 Å². The summed E-state index contributed by atoms with van der Waals surface area (Å²) in [7, 11) is -2.03. The fraction of sp³-hybridized carbons (Fsp3) is 0.611. The lowest BCUT2D eigenvalue weighted by molar-refractivity contribution is -0.120. The maximum atomic E-state index is 12.7. The number of amides is 1. The molecule has 1 amide bonds. The number of carbonyl (C=O) groups is 1. The zero-order valence-corrected chi connectivity index (χ0v) is 17.5. The van der Waals surface area contributed by atoms with Gasteiger partial charge in [-0.2, -0.15) is 4.31 Å². The summed E-state index contributed by atoms with van der Waals surface area (Å²) in [6, 6.07) is 4.71. The molecule has 6 nitrogen and oxygen atoms in total. The molecule has 8 heteroatoms. The van der Waals surface area contributed by atoms with Gasteiger partial charge < -0.3 is 11.1 Å². The Morgan fingerprint density at radius 3 is 2.58 bits per heavy atom. The molecule has 1 saturated carbocycles. The Morgan fingerprint density at radius 2 is 2.00 bits per heavy atom. The number of nitrogens with one attached hydrogen (secondary N) is 1. The zero-order valence-electron chi connectivity index (χ0n) is 15.9. The fourth-order valence-electron chi connectivity index (χ4n) is 3.23. The summed E-state index contributed by atoms with van der Waals surface area (Å²) in [5.74, 6) is 0.0464. The standard InChI is InChI=1S/C18H29N3O3S.ClH/c1-12(2)21(4)25(23,24)15-9-8-13(3)17(10-15)20-18(22)16-7-5-6-14(16)11-19;/h8-10,12,14,16H,5-7,11,19H2,1-4H3,(H,20,22);1H/t14-,16-;/m1./s1. The number of anilines is 1. The fourth-order valence-corrected chi connectivity index (χ4v) is 4.62. The van der Waals surface area contributed by atoms with Crippen molar-refractivity contribution >= 4 is 34.0 Å². The molecular weight excluding hydrogens is 374 g/mol. The van der Waals surface area contributed by atoms with Crippen LogP contribution in [0.5, 0.6) is 0 Å². The third-order valence-corrected chi connectivity index (χ3v) is 7.20. The minimum atomic E-state index is -3.59. The number of halogens is 1. The molecule has 0 bridgehead atoms. The average molecular weight is 404 g/mol. The first kappa shape index (κ1) is 22.9. The van der Waals surface area contributed by atoms with Crippen LogP contribution < -0.4 is 11.1 Å². The van der Waals surface area contributed by atoms with Crippen LogP contribution in [0.3, 0.4) is 0 Å². The summed E-state index contributed by atoms with van der Waals surface area (Å²) in [5, 5.41) is 2.92. The van der Waals surface area contributed by atoms with Crippen molar-refractivity contribution in [3.05, 3.63) is 23.8 Å². The Labute approximate surface area is 163 Å². The van der Waals surface area contributed by atoms with Crippen LogP contribution in [-0.4, -0.2) is 38.3 Å². The van der Waals surface area contributed by atoms with E-state index in [2.05, 4.69) is 5.32 Å². The minimum absolute atomic E-state index is 0. The Balaban J connectivity index is 0.00000338. The van der Waals surface area contributed by atoms with E-state index in [9.17, 15) is 13.2 Å². The van der Waals surface area contributed by atoms with Crippen molar-refractivity contribution < 1.29 is 13.2 Å². The second-order valence-electron chi connectivity index (χ2n) is 7.11. The number of nitrogens with two attached hydrogens (primary N) is 1. The predicted molar refractivity (Wildman–Crippen MR) is 107 cm³/mol. The number of rotatable bonds is 6. The van der Waals surface area contributed by atoms with Crippen LogP contribution in [0.1, 0.15) is 38.7 Å². The first-order valence-corrected chi connectivity index (χ1v) is 10.2. The predicted octanol–water partition coefficient (Wildman–Crippen LogP) is 2.76. The van der Waals surface area contributed by atoms with Crippen molar-refractivity contribution in [1.82, 2.24) is 4.31 Å². The van der Waals surface area contributed by atoms with E-state index in [0.717, 1.165) is 24.8 Å². The number of benzene rings is 1. The van der Waals surface area contributed by atoms with Gasteiger partial charge in [0.05, 0.1) is 4.90 Å². The lowest BCUT2D eigenvalue weighted by Gasteiger charge is -2.22. The van der Waals surface area contributed by atoms with Crippen LogP contribution >= 0.6 is 12.4 Å². The Morgan fingerprint density at radius 1 is 1.35 bits per heavy atom. The van der Waals surface area contributed by atoms with Gasteiger partial charge in [0, 0.05) is 24.7 Å². The van der Waals surface area contributed by atoms with Crippen molar-refractivity contribution in [2.45, 2.75) is 51.0 Å². The smallest absolute Gasteiger partial charge is 0.243 e. The summed E-state index contributed by atoms with van der Waals surface area (Å²) < 4.78 is 26.7. The molecule has 0 heterocycles. The van der Waals surface area contributed by atoms with E-state index < -0.39 is 10.0 Å². The van der Waals surface area contributed by atoms with Gasteiger partial charge in [-0.3, -0.25) is 4.79 Å². The van der Waals surface area contributed by atoms with Crippen LogP contribution in [-0.2, 0) is 14.8 Å². The molecular formula is C18H30ClN3O3S. The van der Waals surface area contributed by atoms with E-state index in [1.165, 1.54) is 4.31 Å². The monoisotopic (exact) mass is 403 g/mol. The molecule has 0 saturated heterocycles. The van der Waals surface area contributed by atoms with Crippen LogP contribution in [0.15, 0.2) is 23.1 Å². The summed E-state index contributed by atoms with van der Waals surface area (Å²) in [5.41, 5.74) is 7.15. The van der Waals surface area contributed by atoms with Crippen LogP contribution in [0, 0.1) is 18.8 Å². The van der Waals surface area contributed by atoms with Crippen molar-refractivity contribution in [2.75, 3.05) is 18.9 Å². The summed E-state index contributed by atoms with van der Waals surface area (Å²) in [6.07, 6.45) is 2.81. The number of nitrogens with zero attached hydrogens (tertiary/aromatic N) is 1. The quantitative estimate of drug-likeness (QED) is 0.763. The highest BCUT2D eigenvalue weighted by Gasteiger charge is 2.32. The van der Waals surface area contributed by atoms with E-state index >= 15 is 0 Å². The maximum absolute atomic E-state index is 12.7. The molecule has 3 N–H and O–H groups in total. The topological polar surface area (TPSA) is 92.5 Å². The first-order chi connectivity index (χ1) is 11.7.